The molecule has 2 aliphatic rings. The van der Waals surface area contributed by atoms with E-state index in [4.69, 9.17) is 4.74 Å². The second-order valence-electron chi connectivity index (χ2n) is 15.3. The van der Waals surface area contributed by atoms with E-state index in [-0.39, 0.29) is 6.71 Å². The third-order valence-electron chi connectivity index (χ3n) is 12.0. The van der Waals surface area contributed by atoms with E-state index >= 15 is 0 Å². The molecule has 276 valence electrons. The van der Waals surface area contributed by atoms with Gasteiger partial charge in [-0.15, -0.1) is 0 Å². The molecule has 0 radical (unpaired) electrons. The van der Waals surface area contributed by atoms with Crippen molar-refractivity contribution < 1.29 is 4.74 Å². The predicted octanol–water partition coefficient (Wildman–Crippen LogP) is 12.3. The number of benzene rings is 9. The van der Waals surface area contributed by atoms with Gasteiger partial charge in [-0.25, -0.2) is 0 Å². The van der Waals surface area contributed by atoms with Crippen LogP contribution in [0.4, 0.5) is 34.1 Å². The summed E-state index contributed by atoms with van der Waals surface area (Å²) >= 11 is 0. The van der Waals surface area contributed by atoms with E-state index in [2.05, 4.69) is 233 Å². The molecular formula is C54H36BN3O. The number of ether oxygens (including phenoxy) is 1. The highest BCUT2D eigenvalue weighted by molar-refractivity contribution is 6.99. The maximum atomic E-state index is 6.98. The molecule has 3 heterocycles. The van der Waals surface area contributed by atoms with Gasteiger partial charge in [-0.2, -0.15) is 0 Å². The summed E-state index contributed by atoms with van der Waals surface area (Å²) in [6.07, 6.45) is 0. The second kappa shape index (κ2) is 13.4. The molecule has 0 N–H and O–H groups in total. The Morgan fingerprint density at radius 3 is 1.80 bits per heavy atom. The molecule has 5 heteroatoms. The van der Waals surface area contributed by atoms with Crippen LogP contribution in [0.5, 0.6) is 11.5 Å². The van der Waals surface area contributed by atoms with Crippen molar-refractivity contribution in [2.75, 3.05) is 9.80 Å². The van der Waals surface area contributed by atoms with Crippen LogP contribution in [0.2, 0.25) is 0 Å². The molecule has 0 spiro atoms. The van der Waals surface area contributed by atoms with Crippen molar-refractivity contribution >= 4 is 79.0 Å². The largest absolute Gasteiger partial charge is 0.458 e. The monoisotopic (exact) mass is 753 g/mol. The summed E-state index contributed by atoms with van der Waals surface area (Å²) < 4.78 is 9.41. The zero-order chi connectivity index (χ0) is 38.9. The van der Waals surface area contributed by atoms with Gasteiger partial charge >= 0.3 is 0 Å². The number of hydrogen-bond donors (Lipinski definition) is 0. The molecule has 2 aliphatic heterocycles. The number of hydrogen-bond acceptors (Lipinski definition) is 3. The van der Waals surface area contributed by atoms with E-state index in [0.29, 0.717) is 0 Å². The Labute approximate surface area is 343 Å². The first-order valence-corrected chi connectivity index (χ1v) is 20.2. The molecule has 0 amide bonds. The minimum Gasteiger partial charge on any atom is -0.458 e. The molecule has 9 aromatic carbocycles. The first-order chi connectivity index (χ1) is 29.3. The molecule has 0 atom stereocenters. The second-order valence-corrected chi connectivity index (χ2v) is 15.3. The molecule has 0 saturated heterocycles. The maximum absolute atomic E-state index is 6.98. The van der Waals surface area contributed by atoms with Crippen molar-refractivity contribution in [1.29, 1.82) is 0 Å². The van der Waals surface area contributed by atoms with Gasteiger partial charge in [-0.1, -0.05) is 127 Å². The van der Waals surface area contributed by atoms with Crippen LogP contribution in [0, 0.1) is 0 Å². The number of rotatable bonds is 6. The lowest BCUT2D eigenvalue weighted by Gasteiger charge is -2.39. The minimum absolute atomic E-state index is 0.00577. The molecule has 0 fully saturated rings. The van der Waals surface area contributed by atoms with Gasteiger partial charge < -0.3 is 19.1 Å². The molecule has 0 aliphatic carbocycles. The highest BCUT2D eigenvalue weighted by Gasteiger charge is 2.42. The number of para-hydroxylation sites is 4. The van der Waals surface area contributed by atoms with Crippen LogP contribution >= 0.6 is 0 Å². The fourth-order valence-electron chi connectivity index (χ4n) is 9.46. The molecule has 12 rings (SSSR count). The summed E-state index contributed by atoms with van der Waals surface area (Å²) in [5, 5.41) is 2.32. The highest BCUT2D eigenvalue weighted by atomic mass is 16.5. The topological polar surface area (TPSA) is 20.6 Å². The Morgan fingerprint density at radius 2 is 1.00 bits per heavy atom. The molecule has 0 saturated carbocycles. The van der Waals surface area contributed by atoms with Crippen molar-refractivity contribution in [3.8, 4) is 28.3 Å². The standard InChI is InChI=1S/C54H36BN3O/c1-5-17-37(18-6-1)38-19-15-26-42(33-38)56(39-20-7-2-8-21-39)43-31-32-44-45-35-53-47(36-51(45)58(50(44)34-43)41-24-11-4-12-25-41)55-46-27-13-14-28-48(46)57(40-22-9-3-10-23-40)49-29-16-30-52(59-53)54(49)55/h1-36H. The average Bonchev–Trinajstić information content (AvgIpc) is 3.62. The van der Waals surface area contributed by atoms with Crippen LogP contribution in [0.25, 0.3) is 38.6 Å². The molecule has 0 bridgehead atoms. The third-order valence-corrected chi connectivity index (χ3v) is 12.0. The summed E-state index contributed by atoms with van der Waals surface area (Å²) in [6, 6.07) is 78.4. The molecular weight excluding hydrogens is 717 g/mol. The van der Waals surface area contributed by atoms with E-state index in [0.717, 1.165) is 62.0 Å². The van der Waals surface area contributed by atoms with E-state index in [9.17, 15) is 0 Å². The van der Waals surface area contributed by atoms with Crippen molar-refractivity contribution in [2.45, 2.75) is 0 Å². The highest BCUT2D eigenvalue weighted by Crippen LogP contribution is 2.44. The summed E-state index contributed by atoms with van der Waals surface area (Å²) in [4.78, 5) is 4.75. The third kappa shape index (κ3) is 5.32. The van der Waals surface area contributed by atoms with Gasteiger partial charge in [-0.05, 0) is 119 Å². The normalized spacial score (nSPS) is 12.5. The molecule has 1 aromatic heterocycles. The van der Waals surface area contributed by atoms with Gasteiger partial charge in [0.1, 0.15) is 11.5 Å². The molecule has 4 nitrogen and oxygen atoms in total. The number of fused-ring (bicyclic) bond motifs is 7. The van der Waals surface area contributed by atoms with Crippen molar-refractivity contribution in [1.82, 2.24) is 4.57 Å². The Hall–Kier alpha value is -7.76. The van der Waals surface area contributed by atoms with Crippen LogP contribution in [0.15, 0.2) is 218 Å². The molecule has 10 aromatic rings. The van der Waals surface area contributed by atoms with Crippen molar-refractivity contribution in [3.05, 3.63) is 218 Å². The Kier molecular flexibility index (Phi) is 7.60. The van der Waals surface area contributed by atoms with Gasteiger partial charge in [-0.3, -0.25) is 0 Å². The Morgan fingerprint density at radius 1 is 0.390 bits per heavy atom. The zero-order valence-electron chi connectivity index (χ0n) is 32.1. The van der Waals surface area contributed by atoms with Gasteiger partial charge in [0.15, 0.2) is 0 Å². The zero-order valence-corrected chi connectivity index (χ0v) is 32.1. The van der Waals surface area contributed by atoms with Crippen LogP contribution in [0.3, 0.4) is 0 Å². The average molecular weight is 754 g/mol. The molecule has 0 unspecified atom stereocenters. The quantitative estimate of drug-likeness (QED) is 0.158. The maximum Gasteiger partial charge on any atom is 0.256 e. The lowest BCUT2D eigenvalue weighted by Crippen LogP contribution is -2.59. The Bertz CT molecular complexity index is 3200. The lowest BCUT2D eigenvalue weighted by atomic mass is 9.34. The van der Waals surface area contributed by atoms with Crippen molar-refractivity contribution in [2.24, 2.45) is 0 Å². The van der Waals surface area contributed by atoms with E-state index < -0.39 is 0 Å². The predicted molar refractivity (Wildman–Crippen MR) is 247 cm³/mol. The van der Waals surface area contributed by atoms with Crippen LogP contribution in [-0.2, 0) is 0 Å². The van der Waals surface area contributed by atoms with Crippen LogP contribution in [-0.4, -0.2) is 11.3 Å². The van der Waals surface area contributed by atoms with Gasteiger partial charge in [0, 0.05) is 50.6 Å². The SMILES string of the molecule is c1ccc(-c2cccc(N(c3ccccc3)c3ccc4c5cc6c(cc5n(-c5ccccc5)c4c3)B3c4ccccc4N(c4ccccc4)c4cccc(c43)O6)c2)cc1. The van der Waals surface area contributed by atoms with Crippen LogP contribution in [0.1, 0.15) is 0 Å². The fraction of sp³-hybridized carbons (Fsp3) is 0. The summed E-state index contributed by atoms with van der Waals surface area (Å²) in [5.41, 5.74) is 16.1. The van der Waals surface area contributed by atoms with Crippen molar-refractivity contribution in [3.63, 3.8) is 0 Å². The molecule has 59 heavy (non-hydrogen) atoms. The smallest absolute Gasteiger partial charge is 0.256 e. The lowest BCUT2D eigenvalue weighted by molar-refractivity contribution is 0.488. The summed E-state index contributed by atoms with van der Waals surface area (Å²) in [6.45, 7) is -0.00577. The van der Waals surface area contributed by atoms with Gasteiger partial charge in [0.05, 0.1) is 11.0 Å². The van der Waals surface area contributed by atoms with Crippen LogP contribution < -0.4 is 30.9 Å². The van der Waals surface area contributed by atoms with E-state index in [1.807, 2.05) is 0 Å². The summed E-state index contributed by atoms with van der Waals surface area (Å²) in [7, 11) is 0. The fourth-order valence-corrected chi connectivity index (χ4v) is 9.46. The first-order valence-electron chi connectivity index (χ1n) is 20.2. The number of aromatic nitrogens is 1. The number of nitrogens with zero attached hydrogens (tertiary/aromatic N) is 3. The minimum atomic E-state index is -0.00577. The van der Waals surface area contributed by atoms with E-state index in [1.54, 1.807) is 0 Å². The first kappa shape index (κ1) is 33.4. The number of anilines is 6. The summed E-state index contributed by atoms with van der Waals surface area (Å²) in [5.74, 6) is 1.80. The Balaban J connectivity index is 1.08. The van der Waals surface area contributed by atoms with E-state index in [1.165, 1.54) is 38.6 Å². The van der Waals surface area contributed by atoms with Gasteiger partial charge in [0.2, 0.25) is 0 Å². The van der Waals surface area contributed by atoms with Gasteiger partial charge in [0.25, 0.3) is 6.71 Å².